The summed E-state index contributed by atoms with van der Waals surface area (Å²) in [6, 6.07) is 10.4. The number of ketones is 1. The third kappa shape index (κ3) is 4.29. The maximum Gasteiger partial charge on any atom is 0.290 e. The highest BCUT2D eigenvalue weighted by atomic mass is 16.5. The first-order valence-electron chi connectivity index (χ1n) is 10.7. The van der Waals surface area contributed by atoms with Gasteiger partial charge in [0, 0.05) is 26.2 Å². The molecule has 0 bridgehead atoms. The molecule has 0 radical (unpaired) electrons. The van der Waals surface area contributed by atoms with E-state index in [2.05, 4.69) is 18.7 Å². The highest BCUT2D eigenvalue weighted by Crippen LogP contribution is 2.39. The van der Waals surface area contributed by atoms with Gasteiger partial charge in [0.1, 0.15) is 0 Å². The van der Waals surface area contributed by atoms with Crippen molar-refractivity contribution in [3.8, 4) is 0 Å². The topological polar surface area (TPSA) is 83.2 Å². The van der Waals surface area contributed by atoms with Crippen LogP contribution >= 0.6 is 0 Å². The summed E-state index contributed by atoms with van der Waals surface area (Å²) in [6.45, 7) is 8.20. The van der Waals surface area contributed by atoms with Gasteiger partial charge in [-0.3, -0.25) is 14.5 Å². The lowest BCUT2D eigenvalue weighted by atomic mass is 9.93. The van der Waals surface area contributed by atoms with Gasteiger partial charge < -0.3 is 19.2 Å². The van der Waals surface area contributed by atoms with Crippen molar-refractivity contribution < 1.29 is 23.8 Å². The monoisotopic (exact) mass is 424 g/mol. The Labute approximate surface area is 181 Å². The molecule has 1 N–H and O–H groups in total. The van der Waals surface area contributed by atoms with Crippen molar-refractivity contribution in [2.45, 2.75) is 25.8 Å². The molecule has 0 spiro atoms. The van der Waals surface area contributed by atoms with Gasteiger partial charge in [0.25, 0.3) is 5.91 Å². The van der Waals surface area contributed by atoms with Gasteiger partial charge in [0.05, 0.1) is 31.1 Å². The zero-order valence-corrected chi connectivity index (χ0v) is 17.9. The molecular weight excluding hydrogens is 396 g/mol. The quantitative estimate of drug-likeness (QED) is 0.687. The number of carbonyl (C=O) groups excluding carboxylic acids is 2. The van der Waals surface area contributed by atoms with Gasteiger partial charge in [0.2, 0.25) is 5.78 Å². The average Bonchev–Trinajstić information content (AvgIpc) is 3.41. The van der Waals surface area contributed by atoms with Crippen LogP contribution in [0.15, 0.2) is 58.4 Å². The number of ether oxygens (including phenoxy) is 1. The fourth-order valence-corrected chi connectivity index (χ4v) is 4.14. The molecular formula is C24H28N2O5. The summed E-state index contributed by atoms with van der Waals surface area (Å²) in [7, 11) is 0. The van der Waals surface area contributed by atoms with Gasteiger partial charge in [-0.1, -0.05) is 38.1 Å². The van der Waals surface area contributed by atoms with Crippen LogP contribution in [0.1, 0.15) is 47.5 Å². The Morgan fingerprint density at radius 2 is 1.84 bits per heavy atom. The molecule has 31 heavy (non-hydrogen) atoms. The Bertz CT molecular complexity index is 956. The molecule has 164 valence electrons. The van der Waals surface area contributed by atoms with Crippen LogP contribution in [-0.2, 0) is 9.53 Å². The summed E-state index contributed by atoms with van der Waals surface area (Å²) in [5, 5.41) is 10.7. The van der Waals surface area contributed by atoms with E-state index >= 15 is 0 Å². The molecule has 0 unspecified atom stereocenters. The maximum atomic E-state index is 13.2. The normalized spacial score (nSPS) is 20.2. The van der Waals surface area contributed by atoms with Crippen molar-refractivity contribution in [2.75, 3.05) is 39.4 Å². The minimum atomic E-state index is -0.660. The minimum absolute atomic E-state index is 0.0687. The maximum absolute atomic E-state index is 13.2. The van der Waals surface area contributed by atoms with Gasteiger partial charge >= 0.3 is 0 Å². The van der Waals surface area contributed by atoms with E-state index in [0.29, 0.717) is 32.2 Å². The number of carbonyl (C=O) groups is 2. The number of Topliss-reactive ketones (excluding diaryl/α,β-unsaturated/α-hetero) is 1. The number of amides is 1. The number of furan rings is 1. The second-order valence-electron chi connectivity index (χ2n) is 8.25. The molecule has 0 saturated carbocycles. The Balaban J connectivity index is 1.66. The number of hydrogen-bond donors (Lipinski definition) is 1. The molecule has 7 nitrogen and oxygen atoms in total. The smallest absolute Gasteiger partial charge is 0.290 e. The van der Waals surface area contributed by atoms with E-state index in [1.165, 1.54) is 11.8 Å². The zero-order chi connectivity index (χ0) is 22.0. The molecule has 4 rings (SSSR count). The lowest BCUT2D eigenvalue weighted by Crippen LogP contribution is -2.43. The van der Waals surface area contributed by atoms with Crippen molar-refractivity contribution in [1.82, 2.24) is 9.80 Å². The van der Waals surface area contributed by atoms with Gasteiger partial charge in [-0.25, -0.2) is 0 Å². The molecule has 3 heterocycles. The van der Waals surface area contributed by atoms with Crippen LogP contribution in [0.3, 0.4) is 0 Å². The van der Waals surface area contributed by atoms with Gasteiger partial charge in [-0.15, -0.1) is 0 Å². The molecule has 1 atom stereocenters. The number of morpholine rings is 1. The number of rotatable bonds is 7. The summed E-state index contributed by atoms with van der Waals surface area (Å²) in [5.41, 5.74) is 2.03. The van der Waals surface area contributed by atoms with Crippen LogP contribution in [0.5, 0.6) is 0 Å². The minimum Gasteiger partial charge on any atom is -0.503 e. The largest absolute Gasteiger partial charge is 0.503 e. The molecule has 2 aliphatic heterocycles. The lowest BCUT2D eigenvalue weighted by Gasteiger charge is -2.31. The molecule has 1 aromatic heterocycles. The fourth-order valence-electron chi connectivity index (χ4n) is 4.14. The van der Waals surface area contributed by atoms with Crippen LogP contribution in [0, 0.1) is 0 Å². The van der Waals surface area contributed by atoms with Gasteiger partial charge in [-0.2, -0.15) is 0 Å². The van der Waals surface area contributed by atoms with Crippen molar-refractivity contribution in [1.29, 1.82) is 0 Å². The van der Waals surface area contributed by atoms with Crippen molar-refractivity contribution in [2.24, 2.45) is 0 Å². The first-order valence-corrected chi connectivity index (χ1v) is 10.7. The SMILES string of the molecule is CC(C)c1ccc([C@@H]2C(C(=O)c3ccco3)=C(O)C(=O)N2CCN2CCOCC2)cc1. The second-order valence-corrected chi connectivity index (χ2v) is 8.25. The molecule has 2 aliphatic rings. The number of benzene rings is 1. The Kier molecular flexibility index (Phi) is 6.25. The molecule has 1 fully saturated rings. The lowest BCUT2D eigenvalue weighted by molar-refractivity contribution is -0.129. The Morgan fingerprint density at radius 1 is 1.13 bits per heavy atom. The molecule has 1 saturated heterocycles. The zero-order valence-electron chi connectivity index (χ0n) is 17.9. The van der Waals surface area contributed by atoms with E-state index in [4.69, 9.17) is 9.15 Å². The first-order chi connectivity index (χ1) is 15.0. The van der Waals surface area contributed by atoms with E-state index < -0.39 is 23.5 Å². The number of aliphatic hydroxyl groups is 1. The van der Waals surface area contributed by atoms with Crippen LogP contribution < -0.4 is 0 Å². The molecule has 7 heteroatoms. The van der Waals surface area contributed by atoms with E-state index in [0.717, 1.165) is 18.7 Å². The molecule has 2 aromatic rings. The van der Waals surface area contributed by atoms with Crippen LogP contribution in [0.25, 0.3) is 0 Å². The van der Waals surface area contributed by atoms with Crippen molar-refractivity contribution >= 4 is 11.7 Å². The summed E-state index contributed by atoms with van der Waals surface area (Å²) in [5.74, 6) is -1.02. The number of hydrogen-bond acceptors (Lipinski definition) is 6. The van der Waals surface area contributed by atoms with Gasteiger partial charge in [-0.05, 0) is 29.2 Å². The van der Waals surface area contributed by atoms with Crippen LogP contribution in [-0.4, -0.2) is 66.0 Å². The van der Waals surface area contributed by atoms with E-state index in [1.807, 2.05) is 24.3 Å². The highest BCUT2D eigenvalue weighted by Gasteiger charge is 2.44. The molecule has 1 amide bonds. The average molecular weight is 424 g/mol. The summed E-state index contributed by atoms with van der Waals surface area (Å²) < 4.78 is 10.7. The second kappa shape index (κ2) is 9.08. The fraction of sp³-hybridized carbons (Fsp3) is 0.417. The standard InChI is InChI=1S/C24H28N2O5/c1-16(2)17-5-7-18(8-6-17)21-20(22(27)19-4-3-13-31-19)23(28)24(29)26(21)10-9-25-11-14-30-15-12-25/h3-8,13,16,21,28H,9-12,14-15H2,1-2H3/t21-/m1/s1. The van der Waals surface area contributed by atoms with E-state index in [1.54, 1.807) is 17.0 Å². The predicted molar refractivity (Wildman–Crippen MR) is 115 cm³/mol. The third-order valence-electron chi connectivity index (χ3n) is 5.97. The highest BCUT2D eigenvalue weighted by molar-refractivity contribution is 6.15. The van der Waals surface area contributed by atoms with Crippen LogP contribution in [0.4, 0.5) is 0 Å². The first kappa shape index (κ1) is 21.3. The molecule has 0 aliphatic carbocycles. The summed E-state index contributed by atoms with van der Waals surface area (Å²) in [6.07, 6.45) is 1.41. The van der Waals surface area contributed by atoms with E-state index in [9.17, 15) is 14.7 Å². The third-order valence-corrected chi connectivity index (χ3v) is 5.97. The summed E-state index contributed by atoms with van der Waals surface area (Å²) in [4.78, 5) is 30.0. The Morgan fingerprint density at radius 3 is 2.45 bits per heavy atom. The number of aliphatic hydroxyl groups excluding tert-OH is 1. The van der Waals surface area contributed by atoms with Crippen molar-refractivity contribution in [3.05, 3.63) is 70.9 Å². The predicted octanol–water partition coefficient (Wildman–Crippen LogP) is 3.31. The van der Waals surface area contributed by atoms with E-state index in [-0.39, 0.29) is 11.3 Å². The van der Waals surface area contributed by atoms with Crippen molar-refractivity contribution in [3.63, 3.8) is 0 Å². The number of nitrogens with zero attached hydrogens (tertiary/aromatic N) is 2. The Hall–Kier alpha value is -2.90. The molecule has 1 aromatic carbocycles. The van der Waals surface area contributed by atoms with Gasteiger partial charge in [0.15, 0.2) is 11.5 Å². The summed E-state index contributed by atoms with van der Waals surface area (Å²) >= 11 is 0. The van der Waals surface area contributed by atoms with Crippen LogP contribution in [0.2, 0.25) is 0 Å².